The summed E-state index contributed by atoms with van der Waals surface area (Å²) in [6.07, 6.45) is 5.52. The summed E-state index contributed by atoms with van der Waals surface area (Å²) in [4.78, 5) is 1.33. The molecule has 0 aromatic carbocycles. The van der Waals surface area contributed by atoms with Gasteiger partial charge in [0, 0.05) is 17.0 Å². The highest BCUT2D eigenvalue weighted by Crippen LogP contribution is 2.28. The Labute approximate surface area is 116 Å². The smallest absolute Gasteiger partial charge is 0.0701 e. The zero-order chi connectivity index (χ0) is 12.3. The second-order valence-corrected chi connectivity index (χ2v) is 7.34. The van der Waals surface area contributed by atoms with Gasteiger partial charge >= 0.3 is 0 Å². The monoisotopic (exact) mass is 317 g/mol. The lowest BCUT2D eigenvalue weighted by Gasteiger charge is -2.25. The molecule has 2 N–H and O–H groups in total. The molecule has 3 unspecified atom stereocenters. The van der Waals surface area contributed by atoms with E-state index < -0.39 is 0 Å². The Balaban J connectivity index is 1.94. The summed E-state index contributed by atoms with van der Waals surface area (Å²) in [5, 5.41) is 13.7. The van der Waals surface area contributed by atoms with E-state index in [-0.39, 0.29) is 12.1 Å². The molecule has 0 spiro atoms. The highest BCUT2D eigenvalue weighted by atomic mass is 79.9. The van der Waals surface area contributed by atoms with Gasteiger partial charge in [0.2, 0.25) is 0 Å². The van der Waals surface area contributed by atoms with Crippen LogP contribution in [-0.4, -0.2) is 17.3 Å². The van der Waals surface area contributed by atoms with Crippen molar-refractivity contribution in [3.05, 3.63) is 20.8 Å². The molecule has 0 radical (unpaired) electrons. The van der Waals surface area contributed by atoms with Crippen LogP contribution in [0.2, 0.25) is 0 Å². The van der Waals surface area contributed by atoms with Crippen LogP contribution < -0.4 is 5.32 Å². The molecule has 2 rings (SSSR count). The van der Waals surface area contributed by atoms with Crippen LogP contribution in [0.25, 0.3) is 0 Å². The van der Waals surface area contributed by atoms with Crippen molar-refractivity contribution in [2.45, 2.75) is 57.2 Å². The normalized spacial score (nSPS) is 27.7. The summed E-state index contributed by atoms with van der Waals surface area (Å²) < 4.78 is 1.17. The molecule has 2 nitrogen and oxygen atoms in total. The molecular formula is C13H20BrNOS. The van der Waals surface area contributed by atoms with Crippen LogP contribution in [0.4, 0.5) is 0 Å². The number of aliphatic hydroxyl groups is 1. The molecule has 0 bridgehead atoms. The van der Waals surface area contributed by atoms with Crippen LogP contribution in [0.5, 0.6) is 0 Å². The first kappa shape index (κ1) is 13.5. The lowest BCUT2D eigenvalue weighted by atomic mass is 10.0. The molecule has 1 fully saturated rings. The first-order valence-corrected chi connectivity index (χ1v) is 7.97. The average Bonchev–Trinajstić information content (AvgIpc) is 2.63. The van der Waals surface area contributed by atoms with Crippen molar-refractivity contribution in [3.8, 4) is 0 Å². The minimum absolute atomic E-state index is 0.177. The summed E-state index contributed by atoms with van der Waals surface area (Å²) in [6.45, 7) is 2.18. The van der Waals surface area contributed by atoms with Crippen LogP contribution in [0, 0.1) is 0 Å². The summed E-state index contributed by atoms with van der Waals surface area (Å²) in [7, 11) is 0. The highest BCUT2D eigenvalue weighted by Gasteiger charge is 2.23. The van der Waals surface area contributed by atoms with Crippen molar-refractivity contribution in [2.24, 2.45) is 0 Å². The molecule has 0 aliphatic heterocycles. The van der Waals surface area contributed by atoms with Gasteiger partial charge in [0.25, 0.3) is 0 Å². The summed E-state index contributed by atoms with van der Waals surface area (Å²) >= 11 is 5.25. The van der Waals surface area contributed by atoms with Crippen LogP contribution in [0.3, 0.4) is 0 Å². The maximum Gasteiger partial charge on any atom is 0.0701 e. The maximum atomic E-state index is 10.1. The predicted octanol–water partition coefficient (Wildman–Crippen LogP) is 3.85. The fourth-order valence-corrected chi connectivity index (χ4v) is 3.88. The molecule has 3 atom stereocenters. The highest BCUT2D eigenvalue weighted by molar-refractivity contribution is 9.11. The molecule has 0 saturated heterocycles. The van der Waals surface area contributed by atoms with Gasteiger partial charge in [-0.1, -0.05) is 19.3 Å². The van der Waals surface area contributed by atoms with E-state index in [4.69, 9.17) is 0 Å². The van der Waals surface area contributed by atoms with Gasteiger partial charge in [-0.2, -0.15) is 0 Å². The van der Waals surface area contributed by atoms with Gasteiger partial charge < -0.3 is 10.4 Å². The van der Waals surface area contributed by atoms with Gasteiger partial charge in [0.1, 0.15) is 0 Å². The van der Waals surface area contributed by atoms with Crippen LogP contribution in [-0.2, 0) is 0 Å². The SMILES string of the molecule is CC(NC1CCCCCC1O)c1ccc(Br)s1. The largest absolute Gasteiger partial charge is 0.392 e. The van der Waals surface area contributed by atoms with E-state index in [1.54, 1.807) is 11.3 Å². The quantitative estimate of drug-likeness (QED) is 0.830. The van der Waals surface area contributed by atoms with E-state index in [2.05, 4.69) is 40.3 Å². The summed E-state index contributed by atoms with van der Waals surface area (Å²) in [5.41, 5.74) is 0. The zero-order valence-corrected chi connectivity index (χ0v) is 12.6. The van der Waals surface area contributed by atoms with Crippen molar-refractivity contribution < 1.29 is 5.11 Å². The third kappa shape index (κ3) is 3.78. The van der Waals surface area contributed by atoms with Gasteiger partial charge in [0.15, 0.2) is 0 Å². The maximum absolute atomic E-state index is 10.1. The molecule has 1 aromatic rings. The number of hydrogen-bond donors (Lipinski definition) is 2. The van der Waals surface area contributed by atoms with Crippen molar-refractivity contribution in [1.29, 1.82) is 0 Å². The van der Waals surface area contributed by atoms with Crippen LogP contribution >= 0.6 is 27.3 Å². The number of nitrogens with one attached hydrogen (secondary N) is 1. The number of thiophene rings is 1. The Morgan fingerprint density at radius 1 is 1.35 bits per heavy atom. The molecule has 17 heavy (non-hydrogen) atoms. The number of hydrogen-bond acceptors (Lipinski definition) is 3. The minimum atomic E-state index is -0.177. The van der Waals surface area contributed by atoms with Crippen molar-refractivity contribution in [1.82, 2.24) is 5.32 Å². The predicted molar refractivity (Wildman–Crippen MR) is 76.4 cm³/mol. The molecule has 1 aliphatic carbocycles. The van der Waals surface area contributed by atoms with Crippen LogP contribution in [0.1, 0.15) is 49.9 Å². The van der Waals surface area contributed by atoms with Gasteiger partial charge in [-0.15, -0.1) is 11.3 Å². The van der Waals surface area contributed by atoms with Crippen molar-refractivity contribution in [3.63, 3.8) is 0 Å². The lowest BCUT2D eigenvalue weighted by molar-refractivity contribution is 0.115. The molecule has 4 heteroatoms. The minimum Gasteiger partial charge on any atom is -0.392 e. The Bertz CT molecular complexity index is 355. The fraction of sp³-hybridized carbons (Fsp3) is 0.692. The second kappa shape index (κ2) is 6.32. The van der Waals surface area contributed by atoms with E-state index >= 15 is 0 Å². The topological polar surface area (TPSA) is 32.3 Å². The number of halogens is 1. The standard InChI is InChI=1S/C13H20BrNOS/c1-9(12-7-8-13(14)17-12)15-10-5-3-2-4-6-11(10)16/h7-11,15-16H,2-6H2,1H3. The zero-order valence-electron chi connectivity index (χ0n) is 10.2. The summed E-state index contributed by atoms with van der Waals surface area (Å²) in [6, 6.07) is 4.81. The van der Waals surface area contributed by atoms with Crippen molar-refractivity contribution >= 4 is 27.3 Å². The number of rotatable bonds is 3. The Hall–Kier alpha value is 0.1000. The molecular weight excluding hydrogens is 298 g/mol. The number of aliphatic hydroxyl groups excluding tert-OH is 1. The average molecular weight is 318 g/mol. The summed E-state index contributed by atoms with van der Waals surface area (Å²) in [5.74, 6) is 0. The van der Waals surface area contributed by atoms with Gasteiger partial charge in [0.05, 0.1) is 9.89 Å². The van der Waals surface area contributed by atoms with E-state index in [0.29, 0.717) is 6.04 Å². The van der Waals surface area contributed by atoms with E-state index in [1.165, 1.54) is 21.5 Å². The van der Waals surface area contributed by atoms with Gasteiger partial charge in [-0.3, -0.25) is 0 Å². The molecule has 96 valence electrons. The first-order chi connectivity index (χ1) is 8.16. The Kier molecular flexibility index (Phi) is 5.03. The Morgan fingerprint density at radius 3 is 2.82 bits per heavy atom. The third-order valence-electron chi connectivity index (χ3n) is 3.46. The van der Waals surface area contributed by atoms with E-state index in [1.807, 2.05) is 0 Å². The molecule has 1 aromatic heterocycles. The third-order valence-corrected chi connectivity index (χ3v) is 5.27. The first-order valence-electron chi connectivity index (χ1n) is 6.36. The van der Waals surface area contributed by atoms with Gasteiger partial charge in [-0.05, 0) is 47.8 Å². The molecule has 0 amide bonds. The lowest BCUT2D eigenvalue weighted by Crippen LogP contribution is -2.40. The fourth-order valence-electron chi connectivity index (χ4n) is 2.45. The van der Waals surface area contributed by atoms with E-state index in [9.17, 15) is 5.11 Å². The molecule has 1 saturated carbocycles. The van der Waals surface area contributed by atoms with E-state index in [0.717, 1.165) is 19.3 Å². The second-order valence-electron chi connectivity index (χ2n) is 4.84. The molecule has 1 heterocycles. The van der Waals surface area contributed by atoms with Crippen molar-refractivity contribution in [2.75, 3.05) is 0 Å². The molecule has 1 aliphatic rings. The van der Waals surface area contributed by atoms with Crippen LogP contribution in [0.15, 0.2) is 15.9 Å². The Morgan fingerprint density at radius 2 is 2.12 bits per heavy atom. The van der Waals surface area contributed by atoms with Gasteiger partial charge in [-0.25, -0.2) is 0 Å².